The average Bonchev–Trinajstić information content (AvgIpc) is 2.95. The third-order valence-corrected chi connectivity index (χ3v) is 5.75. The summed E-state index contributed by atoms with van der Waals surface area (Å²) in [5, 5.41) is 4.36. The zero-order chi connectivity index (χ0) is 20.8. The molecule has 8 heteroatoms. The third kappa shape index (κ3) is 3.33. The second kappa shape index (κ2) is 7.21. The first kappa shape index (κ1) is 18.7. The fourth-order valence-electron chi connectivity index (χ4n) is 4.12. The second-order valence-electron chi connectivity index (χ2n) is 8.08. The topological polar surface area (TPSA) is 71.0 Å². The molecule has 5 heterocycles. The van der Waals surface area contributed by atoms with Gasteiger partial charge in [-0.3, -0.25) is 9.20 Å². The number of aromatic nitrogens is 5. The number of hydrogen-bond acceptors (Lipinski definition) is 6. The number of nitrogens with zero attached hydrogens (tertiary/aromatic N) is 7. The summed E-state index contributed by atoms with van der Waals surface area (Å²) in [7, 11) is 2.16. The van der Waals surface area contributed by atoms with Gasteiger partial charge in [0.25, 0.3) is 5.56 Å². The van der Waals surface area contributed by atoms with Gasteiger partial charge in [0.2, 0.25) is 0 Å². The van der Waals surface area contributed by atoms with Crippen LogP contribution >= 0.6 is 0 Å². The SMILES string of the molecule is Cc1nc2ccc(-c3cc(=O)n4cc(N5CCCN(C)CC5)cc(C)c4n3)cn2n1. The van der Waals surface area contributed by atoms with Crippen LogP contribution < -0.4 is 10.5 Å². The minimum Gasteiger partial charge on any atom is -0.369 e. The molecule has 0 radical (unpaired) electrons. The highest BCUT2D eigenvalue weighted by Crippen LogP contribution is 2.22. The van der Waals surface area contributed by atoms with Gasteiger partial charge in [0, 0.05) is 43.7 Å². The predicted octanol–water partition coefficient (Wildman–Crippen LogP) is 2.16. The van der Waals surface area contributed by atoms with Crippen molar-refractivity contribution in [3.05, 3.63) is 58.4 Å². The normalized spacial score (nSPS) is 15.8. The molecule has 1 aliphatic rings. The molecule has 0 bridgehead atoms. The molecular weight excluding hydrogens is 378 g/mol. The van der Waals surface area contributed by atoms with Crippen molar-refractivity contribution in [3.63, 3.8) is 0 Å². The number of rotatable bonds is 2. The Morgan fingerprint density at radius 2 is 1.83 bits per heavy atom. The molecule has 1 fully saturated rings. The van der Waals surface area contributed by atoms with Gasteiger partial charge in [-0.2, -0.15) is 5.10 Å². The molecule has 0 aromatic carbocycles. The molecule has 0 N–H and O–H groups in total. The van der Waals surface area contributed by atoms with Crippen LogP contribution in [0.5, 0.6) is 0 Å². The van der Waals surface area contributed by atoms with Crippen molar-refractivity contribution in [3.8, 4) is 11.3 Å². The van der Waals surface area contributed by atoms with E-state index in [2.05, 4.69) is 33.0 Å². The summed E-state index contributed by atoms with van der Waals surface area (Å²) < 4.78 is 3.39. The minimum absolute atomic E-state index is 0.0817. The monoisotopic (exact) mass is 403 g/mol. The summed E-state index contributed by atoms with van der Waals surface area (Å²) >= 11 is 0. The molecule has 0 amide bonds. The number of likely N-dealkylation sites (N-methyl/N-ethyl adjacent to an activating group) is 1. The lowest BCUT2D eigenvalue weighted by molar-refractivity contribution is 0.360. The molecule has 4 aromatic rings. The molecule has 154 valence electrons. The Morgan fingerprint density at radius 1 is 0.967 bits per heavy atom. The minimum atomic E-state index is -0.0817. The summed E-state index contributed by atoms with van der Waals surface area (Å²) in [6, 6.07) is 7.56. The van der Waals surface area contributed by atoms with E-state index in [0.29, 0.717) is 17.2 Å². The maximum atomic E-state index is 13.0. The molecule has 0 aliphatic carbocycles. The van der Waals surface area contributed by atoms with Gasteiger partial charge in [-0.25, -0.2) is 14.5 Å². The Labute approximate surface area is 174 Å². The maximum absolute atomic E-state index is 13.0. The van der Waals surface area contributed by atoms with E-state index in [-0.39, 0.29) is 5.56 Å². The number of anilines is 1. The largest absolute Gasteiger partial charge is 0.369 e. The van der Waals surface area contributed by atoms with Gasteiger partial charge in [0.1, 0.15) is 11.5 Å². The Balaban J connectivity index is 1.58. The fraction of sp³-hybridized carbons (Fsp3) is 0.364. The first-order valence-corrected chi connectivity index (χ1v) is 10.3. The van der Waals surface area contributed by atoms with E-state index in [0.717, 1.165) is 55.1 Å². The van der Waals surface area contributed by atoms with Gasteiger partial charge < -0.3 is 9.80 Å². The maximum Gasteiger partial charge on any atom is 0.258 e. The quantitative estimate of drug-likeness (QED) is 0.511. The van der Waals surface area contributed by atoms with Gasteiger partial charge in [-0.1, -0.05) is 0 Å². The fourth-order valence-corrected chi connectivity index (χ4v) is 4.12. The van der Waals surface area contributed by atoms with E-state index in [1.54, 1.807) is 15.0 Å². The molecule has 0 unspecified atom stereocenters. The molecule has 0 atom stereocenters. The molecule has 0 spiro atoms. The standard InChI is InChI=1S/C22H25N7O/c1-15-11-18(27-8-4-7-26(3)9-10-27)14-28-21(30)12-19(24-22(15)28)17-5-6-20-23-16(2)25-29(20)13-17/h5-6,11-14H,4,7-10H2,1-3H3. The van der Waals surface area contributed by atoms with Crippen LogP contribution in [0.1, 0.15) is 17.8 Å². The number of aryl methyl sites for hydroxylation is 2. The van der Waals surface area contributed by atoms with E-state index in [9.17, 15) is 4.79 Å². The van der Waals surface area contributed by atoms with Crippen molar-refractivity contribution in [2.45, 2.75) is 20.3 Å². The van der Waals surface area contributed by atoms with Gasteiger partial charge in [0.15, 0.2) is 5.65 Å². The molecule has 8 nitrogen and oxygen atoms in total. The summed E-state index contributed by atoms with van der Waals surface area (Å²) in [5.41, 5.74) is 4.92. The molecule has 5 rings (SSSR count). The summed E-state index contributed by atoms with van der Waals surface area (Å²) in [6.45, 7) is 7.95. The highest BCUT2D eigenvalue weighted by molar-refractivity contribution is 5.65. The lowest BCUT2D eigenvalue weighted by Crippen LogP contribution is -2.29. The van der Waals surface area contributed by atoms with Crippen LogP contribution in [-0.2, 0) is 0 Å². The van der Waals surface area contributed by atoms with Gasteiger partial charge in [0.05, 0.1) is 11.4 Å². The van der Waals surface area contributed by atoms with Crippen LogP contribution in [0, 0.1) is 13.8 Å². The zero-order valence-corrected chi connectivity index (χ0v) is 17.5. The third-order valence-electron chi connectivity index (χ3n) is 5.75. The lowest BCUT2D eigenvalue weighted by Gasteiger charge is -2.24. The Hall–Kier alpha value is -3.26. The van der Waals surface area contributed by atoms with E-state index < -0.39 is 0 Å². The van der Waals surface area contributed by atoms with E-state index in [4.69, 9.17) is 4.98 Å². The van der Waals surface area contributed by atoms with Gasteiger partial charge >= 0.3 is 0 Å². The average molecular weight is 403 g/mol. The first-order valence-electron chi connectivity index (χ1n) is 10.3. The second-order valence-corrected chi connectivity index (χ2v) is 8.08. The molecule has 1 aliphatic heterocycles. The van der Waals surface area contributed by atoms with Gasteiger partial charge in [-0.05, 0) is 57.6 Å². The molecule has 4 aromatic heterocycles. The van der Waals surface area contributed by atoms with Crippen LogP contribution in [0.25, 0.3) is 22.6 Å². The van der Waals surface area contributed by atoms with E-state index >= 15 is 0 Å². The van der Waals surface area contributed by atoms with Gasteiger partial charge in [-0.15, -0.1) is 0 Å². The van der Waals surface area contributed by atoms with Crippen molar-refractivity contribution in [1.29, 1.82) is 0 Å². The molecular formula is C22H25N7O. The lowest BCUT2D eigenvalue weighted by atomic mass is 10.2. The first-order chi connectivity index (χ1) is 14.5. The van der Waals surface area contributed by atoms with Crippen molar-refractivity contribution in [2.24, 2.45) is 0 Å². The highest BCUT2D eigenvalue weighted by atomic mass is 16.1. The summed E-state index contributed by atoms with van der Waals surface area (Å²) in [4.78, 5) is 26.9. The van der Waals surface area contributed by atoms with Crippen LogP contribution in [0.4, 0.5) is 5.69 Å². The zero-order valence-electron chi connectivity index (χ0n) is 17.5. The predicted molar refractivity (Wildman–Crippen MR) is 117 cm³/mol. The Morgan fingerprint density at radius 3 is 2.70 bits per heavy atom. The van der Waals surface area contributed by atoms with Crippen molar-refractivity contribution < 1.29 is 0 Å². The van der Waals surface area contributed by atoms with Crippen molar-refractivity contribution in [1.82, 2.24) is 28.9 Å². The number of hydrogen-bond donors (Lipinski definition) is 0. The van der Waals surface area contributed by atoms with Crippen molar-refractivity contribution >= 4 is 17.0 Å². The number of fused-ring (bicyclic) bond motifs is 2. The van der Waals surface area contributed by atoms with Crippen LogP contribution in [0.15, 0.2) is 41.5 Å². The highest BCUT2D eigenvalue weighted by Gasteiger charge is 2.16. The van der Waals surface area contributed by atoms with Crippen LogP contribution in [0.3, 0.4) is 0 Å². The summed E-state index contributed by atoms with van der Waals surface area (Å²) in [5.74, 6) is 0.710. The van der Waals surface area contributed by atoms with E-state index in [1.165, 1.54) is 0 Å². The van der Waals surface area contributed by atoms with E-state index in [1.807, 2.05) is 38.4 Å². The van der Waals surface area contributed by atoms with Crippen LogP contribution in [0.2, 0.25) is 0 Å². The Kier molecular flexibility index (Phi) is 4.51. The Bertz CT molecular complexity index is 1310. The molecule has 30 heavy (non-hydrogen) atoms. The molecule has 0 saturated carbocycles. The summed E-state index contributed by atoms with van der Waals surface area (Å²) in [6.07, 6.45) is 4.91. The molecule has 1 saturated heterocycles. The smallest absolute Gasteiger partial charge is 0.258 e. The van der Waals surface area contributed by atoms with Crippen LogP contribution in [-0.4, -0.2) is 62.1 Å². The number of pyridine rings is 2. The van der Waals surface area contributed by atoms with Crippen molar-refractivity contribution in [2.75, 3.05) is 38.1 Å².